The molecule has 0 unspecified atom stereocenters. The Morgan fingerprint density at radius 3 is 3.05 bits per heavy atom. The lowest BCUT2D eigenvalue weighted by Gasteiger charge is -2.25. The molecule has 104 valence electrons. The number of rotatable bonds is 1. The number of nitrogens with one attached hydrogen (secondary N) is 1. The van der Waals surface area contributed by atoms with Crippen LogP contribution in [0.15, 0.2) is 36.5 Å². The fourth-order valence-corrected chi connectivity index (χ4v) is 2.48. The van der Waals surface area contributed by atoms with E-state index in [4.69, 9.17) is 4.74 Å². The van der Waals surface area contributed by atoms with Gasteiger partial charge in [0.05, 0.1) is 16.7 Å². The van der Waals surface area contributed by atoms with Gasteiger partial charge < -0.3 is 9.72 Å². The van der Waals surface area contributed by atoms with Gasteiger partial charge in [-0.15, -0.1) is 0 Å². The minimum atomic E-state index is -0.345. The van der Waals surface area contributed by atoms with Gasteiger partial charge >= 0.3 is 6.09 Å². The minimum Gasteiger partial charge on any atom is -0.444 e. The topological polar surface area (TPSA) is 71.1 Å². The van der Waals surface area contributed by atoms with E-state index in [1.54, 1.807) is 13.2 Å². The van der Waals surface area contributed by atoms with E-state index >= 15 is 0 Å². The number of pyridine rings is 1. The highest BCUT2D eigenvalue weighted by Crippen LogP contribution is 2.30. The van der Waals surface area contributed by atoms with Crippen LogP contribution in [-0.4, -0.2) is 28.1 Å². The Hall–Kier alpha value is -2.89. The van der Waals surface area contributed by atoms with Gasteiger partial charge in [-0.3, -0.25) is 9.88 Å². The standard InChI is InChI=1S/C15H12N4O2/c1-19-13-7-12-11(6-9(13)8-21-15(19)20)17-14(18-12)10-4-2-3-5-16-10/h2-7H,8H2,1H3,(H,17,18). The highest BCUT2D eigenvalue weighted by molar-refractivity contribution is 5.94. The second-order valence-corrected chi connectivity index (χ2v) is 4.91. The molecule has 0 bridgehead atoms. The summed E-state index contributed by atoms with van der Waals surface area (Å²) in [5.41, 5.74) is 4.28. The van der Waals surface area contributed by atoms with Crippen LogP contribution < -0.4 is 4.90 Å². The van der Waals surface area contributed by atoms with Gasteiger partial charge in [-0.05, 0) is 24.3 Å². The number of carbonyl (C=O) groups excluding carboxylic acids is 1. The summed E-state index contributed by atoms with van der Waals surface area (Å²) in [6, 6.07) is 9.54. The predicted octanol–water partition coefficient (Wildman–Crippen LogP) is 2.71. The highest BCUT2D eigenvalue weighted by Gasteiger charge is 2.23. The number of imidazole rings is 1. The van der Waals surface area contributed by atoms with Crippen molar-refractivity contribution in [2.24, 2.45) is 0 Å². The molecule has 0 aliphatic carbocycles. The van der Waals surface area contributed by atoms with E-state index < -0.39 is 0 Å². The van der Waals surface area contributed by atoms with E-state index in [2.05, 4.69) is 15.0 Å². The molecule has 0 radical (unpaired) electrons. The van der Waals surface area contributed by atoms with E-state index in [1.165, 1.54) is 4.90 Å². The lowest BCUT2D eigenvalue weighted by atomic mass is 10.1. The minimum absolute atomic E-state index is 0.284. The number of benzene rings is 1. The summed E-state index contributed by atoms with van der Waals surface area (Å²) in [6.07, 6.45) is 1.38. The highest BCUT2D eigenvalue weighted by atomic mass is 16.6. The number of carbonyl (C=O) groups is 1. The number of nitrogens with zero attached hydrogens (tertiary/aromatic N) is 3. The Morgan fingerprint density at radius 1 is 1.33 bits per heavy atom. The van der Waals surface area contributed by atoms with Crippen molar-refractivity contribution >= 4 is 22.8 Å². The summed E-state index contributed by atoms with van der Waals surface area (Å²) in [6.45, 7) is 0.284. The fourth-order valence-electron chi connectivity index (χ4n) is 2.48. The molecule has 0 saturated heterocycles. The van der Waals surface area contributed by atoms with Crippen molar-refractivity contribution in [3.8, 4) is 11.5 Å². The maximum atomic E-state index is 11.6. The van der Waals surface area contributed by atoms with Crippen LogP contribution >= 0.6 is 0 Å². The van der Waals surface area contributed by atoms with Crippen LogP contribution in [0.4, 0.5) is 10.5 Å². The van der Waals surface area contributed by atoms with E-state index in [-0.39, 0.29) is 12.7 Å². The summed E-state index contributed by atoms with van der Waals surface area (Å²) in [5, 5.41) is 0. The molecule has 4 rings (SSSR count). The van der Waals surface area contributed by atoms with Gasteiger partial charge in [0.15, 0.2) is 5.82 Å². The van der Waals surface area contributed by atoms with Crippen LogP contribution in [0.3, 0.4) is 0 Å². The quantitative estimate of drug-likeness (QED) is 0.744. The number of cyclic esters (lactones) is 1. The Kier molecular flexibility index (Phi) is 2.44. The Labute approximate surface area is 120 Å². The van der Waals surface area contributed by atoms with Crippen molar-refractivity contribution in [3.63, 3.8) is 0 Å². The zero-order valence-corrected chi connectivity index (χ0v) is 11.3. The zero-order valence-electron chi connectivity index (χ0n) is 11.3. The molecule has 0 saturated carbocycles. The SMILES string of the molecule is CN1C(=O)OCc2cc3[nH]c(-c4ccccn4)nc3cc21. The van der Waals surface area contributed by atoms with Crippen LogP contribution in [0.1, 0.15) is 5.56 Å². The van der Waals surface area contributed by atoms with Crippen LogP contribution in [0.25, 0.3) is 22.6 Å². The van der Waals surface area contributed by atoms with Crippen molar-refractivity contribution in [2.75, 3.05) is 11.9 Å². The number of aromatic nitrogens is 3. The molecule has 3 heterocycles. The lowest BCUT2D eigenvalue weighted by molar-refractivity contribution is 0.143. The third-order valence-corrected chi connectivity index (χ3v) is 3.58. The second-order valence-electron chi connectivity index (χ2n) is 4.91. The molecule has 6 heteroatoms. The molecule has 1 aromatic carbocycles. The molecule has 0 fully saturated rings. The van der Waals surface area contributed by atoms with E-state index in [9.17, 15) is 4.79 Å². The first-order valence-electron chi connectivity index (χ1n) is 6.57. The van der Waals surface area contributed by atoms with Gasteiger partial charge in [-0.2, -0.15) is 0 Å². The van der Waals surface area contributed by atoms with Crippen molar-refractivity contribution in [1.29, 1.82) is 0 Å². The molecule has 21 heavy (non-hydrogen) atoms. The smallest absolute Gasteiger partial charge is 0.414 e. The molecule has 3 aromatic rings. The third-order valence-electron chi connectivity index (χ3n) is 3.58. The van der Waals surface area contributed by atoms with Gasteiger partial charge in [0.1, 0.15) is 12.3 Å². The first kappa shape index (κ1) is 11.9. The van der Waals surface area contributed by atoms with E-state index in [0.717, 1.165) is 28.0 Å². The molecule has 0 spiro atoms. The molecule has 6 nitrogen and oxygen atoms in total. The molecular formula is C15H12N4O2. The molecule has 1 amide bonds. The average molecular weight is 280 g/mol. The number of H-pyrrole nitrogens is 1. The summed E-state index contributed by atoms with van der Waals surface area (Å²) in [5.74, 6) is 0.711. The maximum Gasteiger partial charge on any atom is 0.414 e. The average Bonchev–Trinajstić information content (AvgIpc) is 2.93. The maximum absolute atomic E-state index is 11.6. The van der Waals surface area contributed by atoms with Crippen molar-refractivity contribution in [3.05, 3.63) is 42.1 Å². The van der Waals surface area contributed by atoms with Crippen LogP contribution in [0.5, 0.6) is 0 Å². The van der Waals surface area contributed by atoms with Crippen molar-refractivity contribution in [1.82, 2.24) is 15.0 Å². The molecular weight excluding hydrogens is 268 g/mol. The Balaban J connectivity index is 1.88. The monoisotopic (exact) mass is 280 g/mol. The summed E-state index contributed by atoms with van der Waals surface area (Å²) in [4.78, 5) is 25.2. The number of ether oxygens (including phenoxy) is 1. The largest absolute Gasteiger partial charge is 0.444 e. The number of hydrogen-bond acceptors (Lipinski definition) is 4. The molecule has 2 aromatic heterocycles. The van der Waals surface area contributed by atoms with Crippen molar-refractivity contribution in [2.45, 2.75) is 6.61 Å². The van der Waals surface area contributed by atoms with E-state index in [0.29, 0.717) is 5.82 Å². The molecule has 0 atom stereocenters. The Bertz CT molecular complexity index is 842. The van der Waals surface area contributed by atoms with Gasteiger partial charge in [0, 0.05) is 18.8 Å². The fraction of sp³-hybridized carbons (Fsp3) is 0.133. The van der Waals surface area contributed by atoms with Crippen molar-refractivity contribution < 1.29 is 9.53 Å². The van der Waals surface area contributed by atoms with Gasteiger partial charge in [-0.1, -0.05) is 6.07 Å². The van der Waals surface area contributed by atoms with Crippen LogP contribution in [0, 0.1) is 0 Å². The molecule has 1 N–H and O–H groups in total. The summed E-state index contributed by atoms with van der Waals surface area (Å²) in [7, 11) is 1.69. The number of hydrogen-bond donors (Lipinski definition) is 1. The summed E-state index contributed by atoms with van der Waals surface area (Å²) >= 11 is 0. The van der Waals surface area contributed by atoms with E-state index in [1.807, 2.05) is 30.3 Å². The number of anilines is 1. The summed E-state index contributed by atoms with van der Waals surface area (Å²) < 4.78 is 5.10. The van der Waals surface area contributed by atoms with Gasteiger partial charge in [0.2, 0.25) is 0 Å². The first-order valence-corrected chi connectivity index (χ1v) is 6.57. The molecule has 1 aliphatic rings. The third kappa shape index (κ3) is 1.84. The first-order chi connectivity index (χ1) is 10.2. The number of fused-ring (bicyclic) bond motifs is 2. The van der Waals surface area contributed by atoms with Gasteiger partial charge in [0.25, 0.3) is 0 Å². The number of aromatic amines is 1. The Morgan fingerprint density at radius 2 is 2.24 bits per heavy atom. The number of amides is 1. The van der Waals surface area contributed by atoms with Crippen LogP contribution in [0.2, 0.25) is 0 Å². The zero-order chi connectivity index (χ0) is 14.4. The van der Waals surface area contributed by atoms with Crippen LogP contribution in [-0.2, 0) is 11.3 Å². The molecule has 1 aliphatic heterocycles. The predicted molar refractivity (Wildman–Crippen MR) is 77.9 cm³/mol. The normalized spacial score (nSPS) is 14.1. The second kappa shape index (κ2) is 4.31. The van der Waals surface area contributed by atoms with Gasteiger partial charge in [-0.25, -0.2) is 9.78 Å². The lowest BCUT2D eigenvalue weighted by Crippen LogP contribution is -2.31.